The van der Waals surface area contributed by atoms with E-state index < -0.39 is 35.3 Å². The normalized spacial score (nSPS) is 24.4. The van der Waals surface area contributed by atoms with Crippen LogP contribution < -0.4 is 20.1 Å². The van der Waals surface area contributed by atoms with Gasteiger partial charge >= 0.3 is 12.2 Å². The number of benzene rings is 2. The molecule has 2 aromatic carbocycles. The Hall–Kier alpha value is -6.06. The minimum absolute atomic E-state index is 0.0752. The van der Waals surface area contributed by atoms with E-state index in [1.807, 2.05) is 80.1 Å². The second-order valence-corrected chi connectivity index (χ2v) is 18.0. The molecule has 4 bridgehead atoms. The average Bonchev–Trinajstić information content (AvgIpc) is 4.13. The maximum atomic E-state index is 14.0. The van der Waals surface area contributed by atoms with Crippen LogP contribution in [0.3, 0.4) is 0 Å². The van der Waals surface area contributed by atoms with E-state index in [1.165, 1.54) is 14.2 Å². The third-order valence-corrected chi connectivity index (χ3v) is 13.8. The molecule has 2 saturated heterocycles. The van der Waals surface area contributed by atoms with Crippen molar-refractivity contribution in [2.45, 2.75) is 89.4 Å². The fourth-order valence-electron chi connectivity index (χ4n) is 10.6. The van der Waals surface area contributed by atoms with Crippen molar-refractivity contribution in [3.8, 4) is 45.1 Å². The summed E-state index contributed by atoms with van der Waals surface area (Å²) in [5.74, 6) is 2.97. The number of alkyl carbamates (subject to hydrolysis) is 2. The summed E-state index contributed by atoms with van der Waals surface area (Å²) in [7, 11) is 2.60. The van der Waals surface area contributed by atoms with Crippen LogP contribution in [0.15, 0.2) is 48.8 Å². The van der Waals surface area contributed by atoms with E-state index in [1.54, 1.807) is 6.20 Å². The maximum absolute atomic E-state index is 14.0. The molecule has 5 aliphatic rings. The highest BCUT2D eigenvalue weighted by molar-refractivity contribution is 5.88. The van der Waals surface area contributed by atoms with Crippen LogP contribution in [0.4, 0.5) is 9.59 Å². The Morgan fingerprint density at radius 3 is 1.64 bits per heavy atom. The first kappa shape index (κ1) is 40.4. The highest BCUT2D eigenvalue weighted by Crippen LogP contribution is 2.55. The summed E-state index contributed by atoms with van der Waals surface area (Å²) in [6, 6.07) is 10.8. The van der Waals surface area contributed by atoms with Gasteiger partial charge in [-0.15, -0.1) is 0 Å². The van der Waals surface area contributed by atoms with Gasteiger partial charge in [0.1, 0.15) is 34.8 Å². The third kappa shape index (κ3) is 6.74. The standard InChI is InChI=1S/C45H54N8O8/c1-24(2)34(50-42(56)58-5)38(54)52-21-26-13-15-44(52,17-26)40-46-19-32(48-40)29-9-7-28(8-10-29)30-11-12-31(37-36(30)60-23-61-37)33-20-47-41(49-33)45-16-14-27(18-45)22-53(45)39(55)35(25(3)4)51-43(57)59-6/h7-12,19-20,24-27,34-35H,13-18,21-23H2,1-6H3,(H,46,48)(H,47,49)(H,50,56)(H,51,57)/t26-,27-,34-,35-,44?,45+/m0/s1. The number of aromatic nitrogens is 4. The molecular formula is C45H54N8O8. The van der Waals surface area contributed by atoms with Gasteiger partial charge < -0.3 is 49.3 Å². The lowest BCUT2D eigenvalue weighted by Crippen LogP contribution is -2.56. The van der Waals surface area contributed by atoms with Gasteiger partial charge in [-0.25, -0.2) is 19.6 Å². The van der Waals surface area contributed by atoms with E-state index in [2.05, 4.69) is 20.6 Å². The molecule has 4 N–H and O–H groups in total. The van der Waals surface area contributed by atoms with Crippen molar-refractivity contribution in [3.63, 3.8) is 0 Å². The maximum Gasteiger partial charge on any atom is 0.407 e. The van der Waals surface area contributed by atoms with Gasteiger partial charge in [-0.2, -0.15) is 0 Å². The van der Waals surface area contributed by atoms with E-state index in [-0.39, 0.29) is 30.4 Å². The Bertz CT molecular complexity index is 2360. The number of hydrogen-bond acceptors (Lipinski definition) is 10. The quantitative estimate of drug-likeness (QED) is 0.133. The van der Waals surface area contributed by atoms with Crippen molar-refractivity contribution in [1.82, 2.24) is 40.4 Å². The molecular weight excluding hydrogens is 781 g/mol. The molecule has 5 heterocycles. The second-order valence-electron chi connectivity index (χ2n) is 18.0. The zero-order valence-electron chi connectivity index (χ0n) is 35.5. The van der Waals surface area contributed by atoms with Crippen LogP contribution >= 0.6 is 0 Å². The fraction of sp³-hybridized carbons (Fsp3) is 0.511. The summed E-state index contributed by atoms with van der Waals surface area (Å²) in [6.45, 7) is 8.98. The Morgan fingerprint density at radius 2 is 1.15 bits per heavy atom. The largest absolute Gasteiger partial charge is 0.453 e. The van der Waals surface area contributed by atoms with Gasteiger partial charge in [0.15, 0.2) is 11.5 Å². The molecule has 3 aliphatic heterocycles. The summed E-state index contributed by atoms with van der Waals surface area (Å²) in [6.07, 6.45) is 7.59. The zero-order valence-corrected chi connectivity index (χ0v) is 35.5. The van der Waals surface area contributed by atoms with Gasteiger partial charge in [0.25, 0.3) is 0 Å². The monoisotopic (exact) mass is 834 g/mol. The van der Waals surface area contributed by atoms with E-state index >= 15 is 0 Å². The lowest BCUT2D eigenvalue weighted by atomic mass is 9.93. The van der Waals surface area contributed by atoms with Crippen LogP contribution in [-0.4, -0.2) is 99.9 Å². The highest BCUT2D eigenvalue weighted by atomic mass is 16.7. The van der Waals surface area contributed by atoms with Crippen molar-refractivity contribution in [1.29, 1.82) is 0 Å². The Labute approximate surface area is 354 Å². The topological polar surface area (TPSA) is 193 Å². The Balaban J connectivity index is 0.945. The second kappa shape index (κ2) is 15.4. The molecule has 0 radical (unpaired) electrons. The predicted molar refractivity (Wildman–Crippen MR) is 223 cm³/mol. The number of methoxy groups -OCH3 is 2. The van der Waals surface area contributed by atoms with Crippen LogP contribution in [0.2, 0.25) is 0 Å². The smallest absolute Gasteiger partial charge is 0.407 e. The van der Waals surface area contributed by atoms with Gasteiger partial charge in [0.05, 0.1) is 38.0 Å². The molecule has 61 heavy (non-hydrogen) atoms. The van der Waals surface area contributed by atoms with Crippen molar-refractivity contribution in [3.05, 3.63) is 60.4 Å². The highest BCUT2D eigenvalue weighted by Gasteiger charge is 2.58. The van der Waals surface area contributed by atoms with Crippen LogP contribution in [0.5, 0.6) is 11.5 Å². The number of imidazole rings is 2. The molecule has 4 amide bonds. The number of piperidine rings is 2. The summed E-state index contributed by atoms with van der Waals surface area (Å²) in [5, 5.41) is 5.50. The number of amides is 4. The number of nitrogens with one attached hydrogen (secondary N) is 4. The summed E-state index contributed by atoms with van der Waals surface area (Å²) in [5.41, 5.74) is 4.02. The molecule has 4 aromatic rings. The molecule has 4 fully saturated rings. The lowest BCUT2D eigenvalue weighted by Gasteiger charge is -2.40. The first-order chi connectivity index (χ1) is 29.3. The van der Waals surface area contributed by atoms with Crippen LogP contribution in [0.1, 0.15) is 77.9 Å². The van der Waals surface area contributed by atoms with E-state index in [4.69, 9.17) is 28.9 Å². The van der Waals surface area contributed by atoms with Crippen LogP contribution in [0, 0.1) is 23.7 Å². The summed E-state index contributed by atoms with van der Waals surface area (Å²) >= 11 is 0. The number of fused-ring (bicyclic) bond motifs is 5. The third-order valence-electron chi connectivity index (χ3n) is 13.8. The van der Waals surface area contributed by atoms with E-state index in [0.717, 1.165) is 83.8 Å². The lowest BCUT2D eigenvalue weighted by molar-refractivity contribution is -0.141. The van der Waals surface area contributed by atoms with Gasteiger partial charge in [0.2, 0.25) is 18.6 Å². The molecule has 2 aliphatic carbocycles. The van der Waals surface area contributed by atoms with E-state index in [9.17, 15) is 19.2 Å². The summed E-state index contributed by atoms with van der Waals surface area (Å²) < 4.78 is 21.9. The first-order valence-electron chi connectivity index (χ1n) is 21.3. The number of H-pyrrole nitrogens is 2. The molecule has 2 aromatic heterocycles. The number of aromatic amines is 2. The SMILES string of the molecule is COC(=O)N[C@H](C(=O)N1C[C@H]2CCC1(c1ncc(-c3ccc(-c4ccc(-c5cnc([C@]67CC[C@H](CN6C(=O)[C@@H](NC(=O)OC)C(C)C)C7)[nH]5)c5c4OCO5)cc3)[nH]1)C2)C(C)C. The number of rotatable bonds is 11. The van der Waals surface area contributed by atoms with Gasteiger partial charge in [0, 0.05) is 24.2 Å². The van der Waals surface area contributed by atoms with Gasteiger partial charge in [-0.05, 0) is 85.5 Å². The predicted octanol–water partition coefficient (Wildman–Crippen LogP) is 6.30. The first-order valence-corrected chi connectivity index (χ1v) is 21.3. The zero-order chi connectivity index (χ0) is 42.8. The molecule has 322 valence electrons. The molecule has 16 nitrogen and oxygen atoms in total. The fourth-order valence-corrected chi connectivity index (χ4v) is 10.6. The number of likely N-dealkylation sites (tertiary alicyclic amines) is 2. The van der Waals surface area contributed by atoms with Crippen LogP contribution in [-0.2, 0) is 30.1 Å². The van der Waals surface area contributed by atoms with Crippen LogP contribution in [0.25, 0.3) is 33.6 Å². The minimum Gasteiger partial charge on any atom is -0.453 e. The molecule has 9 rings (SSSR count). The minimum atomic E-state index is -0.720. The van der Waals surface area contributed by atoms with Crippen molar-refractivity contribution >= 4 is 24.0 Å². The van der Waals surface area contributed by atoms with Crippen molar-refractivity contribution in [2.24, 2.45) is 23.7 Å². The van der Waals surface area contributed by atoms with Crippen molar-refractivity contribution in [2.75, 3.05) is 34.1 Å². The number of hydrogen-bond donors (Lipinski definition) is 4. The molecule has 1 unspecified atom stereocenters. The Morgan fingerprint density at radius 1 is 0.689 bits per heavy atom. The molecule has 16 heteroatoms. The molecule has 6 atom stereocenters. The summed E-state index contributed by atoms with van der Waals surface area (Å²) in [4.78, 5) is 73.1. The average molecular weight is 835 g/mol. The number of carbonyl (C=O) groups excluding carboxylic acids is 4. The number of ether oxygens (including phenoxy) is 4. The number of nitrogens with zero attached hydrogens (tertiary/aromatic N) is 4. The molecule has 2 saturated carbocycles. The van der Waals surface area contributed by atoms with E-state index in [0.29, 0.717) is 36.4 Å². The van der Waals surface area contributed by atoms with Gasteiger partial charge in [-0.1, -0.05) is 52.0 Å². The van der Waals surface area contributed by atoms with Crippen molar-refractivity contribution < 1.29 is 38.1 Å². The molecule has 0 spiro atoms. The number of carbonyl (C=O) groups is 4. The Kier molecular flexibility index (Phi) is 10.2. The van der Waals surface area contributed by atoms with Gasteiger partial charge in [-0.3, -0.25) is 9.59 Å².